The monoisotopic (exact) mass is 360 g/mol. The Balaban J connectivity index is 1.92. The van der Waals surface area contributed by atoms with Crippen molar-refractivity contribution in [3.63, 3.8) is 0 Å². The van der Waals surface area contributed by atoms with Gasteiger partial charge in [0, 0.05) is 19.5 Å². The predicted molar refractivity (Wildman–Crippen MR) is 98.5 cm³/mol. The van der Waals surface area contributed by atoms with Crippen LogP contribution < -0.4 is 10.0 Å². The van der Waals surface area contributed by atoms with Crippen molar-refractivity contribution in [2.45, 2.75) is 44.2 Å². The van der Waals surface area contributed by atoms with Crippen molar-refractivity contribution in [1.29, 1.82) is 0 Å². The molecule has 1 atom stereocenters. The minimum Gasteiger partial charge on any atom is -0.352 e. The van der Waals surface area contributed by atoms with E-state index in [-0.39, 0.29) is 16.8 Å². The number of hydrogen-bond acceptors (Lipinski definition) is 3. The van der Waals surface area contributed by atoms with Gasteiger partial charge in [-0.3, -0.25) is 4.79 Å². The number of carbonyl (C=O) groups is 1. The average Bonchev–Trinajstić information content (AvgIpc) is 2.59. The molecule has 6 heteroatoms. The van der Waals surface area contributed by atoms with Crippen molar-refractivity contribution in [3.8, 4) is 0 Å². The minimum absolute atomic E-state index is 0.120. The summed E-state index contributed by atoms with van der Waals surface area (Å²) in [6.07, 6.45) is 1.55. The van der Waals surface area contributed by atoms with Crippen LogP contribution in [-0.2, 0) is 27.8 Å². The average molecular weight is 360 g/mol. The molecular formula is C19H24N2O3S. The van der Waals surface area contributed by atoms with Crippen LogP contribution in [0.15, 0.2) is 59.5 Å². The van der Waals surface area contributed by atoms with E-state index in [2.05, 4.69) is 10.0 Å². The zero-order valence-corrected chi connectivity index (χ0v) is 15.3. The van der Waals surface area contributed by atoms with Crippen molar-refractivity contribution in [2.24, 2.45) is 0 Å². The number of nitrogens with one attached hydrogen (secondary N) is 2. The van der Waals surface area contributed by atoms with Gasteiger partial charge >= 0.3 is 0 Å². The smallest absolute Gasteiger partial charge is 0.240 e. The molecule has 0 fully saturated rings. The lowest BCUT2D eigenvalue weighted by atomic mass is 10.1. The maximum absolute atomic E-state index is 12.5. The van der Waals surface area contributed by atoms with E-state index < -0.39 is 10.0 Å². The lowest BCUT2D eigenvalue weighted by Crippen LogP contribution is -2.33. The van der Waals surface area contributed by atoms with Crippen LogP contribution in [0.1, 0.15) is 31.4 Å². The summed E-state index contributed by atoms with van der Waals surface area (Å²) in [5, 5.41) is 2.68. The molecule has 0 aliphatic heterocycles. The highest BCUT2D eigenvalue weighted by Crippen LogP contribution is 2.13. The van der Waals surface area contributed by atoms with Crippen LogP contribution in [0.5, 0.6) is 0 Å². The van der Waals surface area contributed by atoms with Crippen molar-refractivity contribution in [3.05, 3.63) is 65.7 Å². The van der Waals surface area contributed by atoms with Gasteiger partial charge in [-0.2, -0.15) is 0 Å². The predicted octanol–water partition coefficient (Wildman–Crippen LogP) is 2.62. The summed E-state index contributed by atoms with van der Waals surface area (Å²) in [6, 6.07) is 16.4. The summed E-state index contributed by atoms with van der Waals surface area (Å²) >= 11 is 0. The van der Waals surface area contributed by atoms with Gasteiger partial charge in [-0.15, -0.1) is 0 Å². The second-order valence-corrected chi connectivity index (χ2v) is 7.81. The third kappa shape index (κ3) is 6.32. The number of carbonyl (C=O) groups excluding carboxylic acids is 1. The lowest BCUT2D eigenvalue weighted by Gasteiger charge is -2.14. The highest BCUT2D eigenvalue weighted by atomic mass is 32.2. The summed E-state index contributed by atoms with van der Waals surface area (Å²) in [5.41, 5.74) is 2.04. The second-order valence-electron chi connectivity index (χ2n) is 6.10. The van der Waals surface area contributed by atoms with Crippen LogP contribution in [-0.4, -0.2) is 20.4 Å². The van der Waals surface area contributed by atoms with E-state index in [9.17, 15) is 13.2 Å². The SMILES string of the molecule is CC(=O)NCc1ccc(S(=O)(=O)N[C@@H](C)CCc2ccccc2)cc1. The third-order valence-electron chi connectivity index (χ3n) is 3.84. The Labute approximate surface area is 149 Å². The first-order valence-electron chi connectivity index (χ1n) is 8.26. The Morgan fingerprint density at radius 1 is 1.00 bits per heavy atom. The number of sulfonamides is 1. The van der Waals surface area contributed by atoms with E-state index in [0.717, 1.165) is 18.4 Å². The molecule has 25 heavy (non-hydrogen) atoms. The minimum atomic E-state index is -3.55. The van der Waals surface area contributed by atoms with Gasteiger partial charge in [-0.25, -0.2) is 13.1 Å². The second kappa shape index (κ2) is 8.78. The third-order valence-corrected chi connectivity index (χ3v) is 5.45. The molecule has 0 radical (unpaired) electrons. The normalized spacial score (nSPS) is 12.6. The van der Waals surface area contributed by atoms with Crippen LogP contribution in [0, 0.1) is 0 Å². The summed E-state index contributed by atoms with van der Waals surface area (Å²) in [6.45, 7) is 3.70. The van der Waals surface area contributed by atoms with Crippen molar-refractivity contribution < 1.29 is 13.2 Å². The molecule has 134 valence electrons. The zero-order chi connectivity index (χ0) is 18.3. The Bertz CT molecular complexity index is 787. The Hall–Kier alpha value is -2.18. The van der Waals surface area contributed by atoms with Crippen LogP contribution in [0.25, 0.3) is 0 Å². The summed E-state index contributed by atoms with van der Waals surface area (Å²) in [5.74, 6) is -0.120. The highest BCUT2D eigenvalue weighted by molar-refractivity contribution is 7.89. The molecule has 0 bridgehead atoms. The molecule has 2 N–H and O–H groups in total. The maximum atomic E-state index is 12.5. The van der Waals surface area contributed by atoms with Crippen LogP contribution >= 0.6 is 0 Å². The summed E-state index contributed by atoms with van der Waals surface area (Å²) in [4.78, 5) is 11.1. The first kappa shape index (κ1) is 19.1. The molecule has 0 heterocycles. The van der Waals surface area contributed by atoms with Crippen LogP contribution in [0.2, 0.25) is 0 Å². The molecule has 0 saturated carbocycles. The fourth-order valence-corrected chi connectivity index (χ4v) is 3.71. The Morgan fingerprint density at radius 3 is 2.24 bits per heavy atom. The molecule has 2 aromatic rings. The molecule has 2 aromatic carbocycles. The molecule has 0 unspecified atom stereocenters. The summed E-state index contributed by atoms with van der Waals surface area (Å²) < 4.78 is 27.6. The molecule has 0 spiro atoms. The van der Waals surface area contributed by atoms with Crippen LogP contribution in [0.4, 0.5) is 0 Å². The molecule has 5 nitrogen and oxygen atoms in total. The molecule has 0 aliphatic carbocycles. The Kier molecular flexibility index (Phi) is 6.73. The van der Waals surface area contributed by atoms with Gasteiger partial charge in [-0.05, 0) is 43.0 Å². The molecule has 0 aromatic heterocycles. The van der Waals surface area contributed by atoms with E-state index in [1.165, 1.54) is 12.5 Å². The van der Waals surface area contributed by atoms with E-state index in [1.54, 1.807) is 24.3 Å². The highest BCUT2D eigenvalue weighted by Gasteiger charge is 2.17. The zero-order valence-electron chi connectivity index (χ0n) is 14.5. The van der Waals surface area contributed by atoms with E-state index in [4.69, 9.17) is 0 Å². The Morgan fingerprint density at radius 2 is 1.64 bits per heavy atom. The molecule has 0 aliphatic rings. The van der Waals surface area contributed by atoms with Crippen molar-refractivity contribution >= 4 is 15.9 Å². The van der Waals surface area contributed by atoms with Gasteiger partial charge in [0.2, 0.25) is 15.9 Å². The maximum Gasteiger partial charge on any atom is 0.240 e. The molecule has 1 amide bonds. The molecule has 2 rings (SSSR count). The molecule has 0 saturated heterocycles. The number of aryl methyl sites for hydroxylation is 1. The quantitative estimate of drug-likeness (QED) is 0.760. The van der Waals surface area contributed by atoms with Crippen LogP contribution in [0.3, 0.4) is 0 Å². The van der Waals surface area contributed by atoms with Crippen molar-refractivity contribution in [2.75, 3.05) is 0 Å². The van der Waals surface area contributed by atoms with Gasteiger partial charge < -0.3 is 5.32 Å². The standard InChI is InChI=1S/C19H24N2O3S/c1-15(8-9-17-6-4-3-5-7-17)21-25(23,24)19-12-10-18(11-13-19)14-20-16(2)22/h3-7,10-13,15,21H,8-9,14H2,1-2H3,(H,20,22)/t15-/m0/s1. The number of hydrogen-bond donors (Lipinski definition) is 2. The molecular weight excluding hydrogens is 336 g/mol. The van der Waals surface area contributed by atoms with Crippen molar-refractivity contribution in [1.82, 2.24) is 10.0 Å². The van der Waals surface area contributed by atoms with Gasteiger partial charge in [0.25, 0.3) is 0 Å². The first-order valence-corrected chi connectivity index (χ1v) is 9.75. The fraction of sp³-hybridized carbons (Fsp3) is 0.316. The topological polar surface area (TPSA) is 75.3 Å². The van der Waals surface area contributed by atoms with Gasteiger partial charge in [0.15, 0.2) is 0 Å². The van der Waals surface area contributed by atoms with E-state index >= 15 is 0 Å². The number of amides is 1. The van der Waals surface area contributed by atoms with Gasteiger partial charge in [0.05, 0.1) is 4.90 Å². The largest absolute Gasteiger partial charge is 0.352 e. The van der Waals surface area contributed by atoms with E-state index in [1.807, 2.05) is 37.3 Å². The lowest BCUT2D eigenvalue weighted by molar-refractivity contribution is -0.119. The fourth-order valence-electron chi connectivity index (χ4n) is 2.43. The van der Waals surface area contributed by atoms with Gasteiger partial charge in [-0.1, -0.05) is 42.5 Å². The summed E-state index contributed by atoms with van der Waals surface area (Å²) in [7, 11) is -3.55. The number of rotatable bonds is 8. The van der Waals surface area contributed by atoms with Gasteiger partial charge in [0.1, 0.15) is 0 Å². The number of benzene rings is 2. The first-order chi connectivity index (χ1) is 11.9. The van der Waals surface area contributed by atoms with E-state index in [0.29, 0.717) is 6.54 Å².